The van der Waals surface area contributed by atoms with E-state index >= 15 is 0 Å². The van der Waals surface area contributed by atoms with E-state index in [1.165, 1.54) is 12.1 Å². The normalized spacial score (nSPS) is 10.8. The van der Waals surface area contributed by atoms with Gasteiger partial charge in [0, 0.05) is 27.3 Å². The fraction of sp³-hybridized carbons (Fsp3) is 0.111. The van der Waals surface area contributed by atoms with Crippen LogP contribution in [0.5, 0.6) is 0 Å². The summed E-state index contributed by atoms with van der Waals surface area (Å²) in [6.07, 6.45) is 0. The van der Waals surface area contributed by atoms with Crippen molar-refractivity contribution in [3.05, 3.63) is 93.0 Å². The highest BCUT2D eigenvalue weighted by Gasteiger charge is 2.20. The fourth-order valence-electron chi connectivity index (χ4n) is 4.12. The molecular formula is C27H21NO5. The third-order valence-corrected chi connectivity index (χ3v) is 5.59. The highest BCUT2D eigenvalue weighted by Crippen LogP contribution is 2.42. The van der Waals surface area contributed by atoms with Crippen LogP contribution in [-0.2, 0) is 0 Å². The van der Waals surface area contributed by atoms with E-state index < -0.39 is 5.97 Å². The lowest BCUT2D eigenvalue weighted by Gasteiger charge is -2.16. The first kappa shape index (κ1) is 21.9. The molecule has 0 aliphatic carbocycles. The fourth-order valence-corrected chi connectivity index (χ4v) is 4.12. The molecule has 5 rings (SSSR count). The minimum Gasteiger partial charge on any atom is -0.478 e. The van der Waals surface area contributed by atoms with Gasteiger partial charge in [-0.2, -0.15) is 0 Å². The van der Waals surface area contributed by atoms with Crippen molar-refractivity contribution >= 4 is 44.4 Å². The summed E-state index contributed by atoms with van der Waals surface area (Å²) in [4.78, 5) is 35.1. The molecule has 0 aliphatic rings. The average molecular weight is 439 g/mol. The van der Waals surface area contributed by atoms with Crippen LogP contribution >= 0.6 is 0 Å². The number of nitrogens with zero attached hydrogens (tertiary/aromatic N) is 1. The van der Waals surface area contributed by atoms with Crippen molar-refractivity contribution < 1.29 is 14.3 Å². The SMILES string of the molecule is CC.Cc1c(N=O)ccc2c(-c3ccccc3C(=O)O)c3ccc4cc(=O)ccc4c3oc12. The zero-order valence-corrected chi connectivity index (χ0v) is 18.4. The molecule has 1 N–H and O–H groups in total. The summed E-state index contributed by atoms with van der Waals surface area (Å²) in [5.41, 5.74) is 3.00. The Morgan fingerprint density at radius 2 is 1.55 bits per heavy atom. The Bertz CT molecular complexity index is 1610. The smallest absolute Gasteiger partial charge is 0.336 e. The summed E-state index contributed by atoms with van der Waals surface area (Å²) in [5, 5.41) is 15.7. The molecule has 4 aromatic carbocycles. The van der Waals surface area contributed by atoms with E-state index in [-0.39, 0.29) is 16.7 Å². The van der Waals surface area contributed by atoms with Gasteiger partial charge in [0.1, 0.15) is 16.9 Å². The second-order valence-corrected chi connectivity index (χ2v) is 7.33. The Balaban J connectivity index is 0.00000126. The van der Waals surface area contributed by atoms with E-state index in [1.807, 2.05) is 26.0 Å². The zero-order valence-electron chi connectivity index (χ0n) is 18.4. The maximum atomic E-state index is 12.0. The van der Waals surface area contributed by atoms with Gasteiger partial charge in [-0.3, -0.25) is 4.79 Å². The number of carboxylic acids is 1. The number of hydrogen-bond donors (Lipinski definition) is 1. The molecule has 0 bridgehead atoms. The molecule has 33 heavy (non-hydrogen) atoms. The predicted octanol–water partition coefficient (Wildman–Crippen LogP) is 7.20. The number of carboxylic acid groups (broad SMARTS) is 1. The number of benzene rings is 4. The molecule has 1 heterocycles. The van der Waals surface area contributed by atoms with E-state index in [9.17, 15) is 19.6 Å². The second-order valence-electron chi connectivity index (χ2n) is 7.33. The third kappa shape index (κ3) is 3.55. The van der Waals surface area contributed by atoms with Crippen molar-refractivity contribution in [2.24, 2.45) is 5.18 Å². The van der Waals surface area contributed by atoms with Crippen molar-refractivity contribution in [3.63, 3.8) is 0 Å². The van der Waals surface area contributed by atoms with Crippen molar-refractivity contribution in [2.75, 3.05) is 0 Å². The van der Waals surface area contributed by atoms with Crippen LogP contribution in [0.25, 0.3) is 43.8 Å². The molecular weight excluding hydrogens is 418 g/mol. The Morgan fingerprint density at radius 1 is 0.879 bits per heavy atom. The number of carbonyl (C=O) groups is 1. The molecule has 164 valence electrons. The minimum atomic E-state index is -1.04. The van der Waals surface area contributed by atoms with Crippen molar-refractivity contribution in [1.82, 2.24) is 0 Å². The van der Waals surface area contributed by atoms with Crippen LogP contribution in [0.4, 0.5) is 5.69 Å². The maximum absolute atomic E-state index is 12.0. The van der Waals surface area contributed by atoms with Gasteiger partial charge in [-0.1, -0.05) is 38.1 Å². The number of aromatic carboxylic acids is 1. The van der Waals surface area contributed by atoms with E-state index in [0.29, 0.717) is 44.0 Å². The molecule has 6 nitrogen and oxygen atoms in total. The predicted molar refractivity (Wildman–Crippen MR) is 131 cm³/mol. The molecule has 0 fully saturated rings. The van der Waals surface area contributed by atoms with Crippen LogP contribution in [0, 0.1) is 11.8 Å². The van der Waals surface area contributed by atoms with E-state index in [2.05, 4.69) is 5.18 Å². The van der Waals surface area contributed by atoms with Gasteiger partial charge < -0.3 is 9.52 Å². The number of aryl methyl sites for hydroxylation is 1. The molecule has 1 aromatic heterocycles. The molecule has 0 saturated heterocycles. The third-order valence-electron chi connectivity index (χ3n) is 5.59. The van der Waals surface area contributed by atoms with Gasteiger partial charge in [-0.15, -0.1) is 4.91 Å². The summed E-state index contributed by atoms with van der Waals surface area (Å²) in [6, 6.07) is 18.4. The van der Waals surface area contributed by atoms with Gasteiger partial charge >= 0.3 is 5.97 Å². The quantitative estimate of drug-likeness (QED) is 0.182. The molecule has 0 aliphatic heterocycles. The summed E-state index contributed by atoms with van der Waals surface area (Å²) >= 11 is 0. The lowest BCUT2D eigenvalue weighted by atomic mass is 9.91. The Morgan fingerprint density at radius 3 is 2.27 bits per heavy atom. The molecule has 0 unspecified atom stereocenters. The van der Waals surface area contributed by atoms with Gasteiger partial charge in [-0.25, -0.2) is 4.79 Å². The van der Waals surface area contributed by atoms with Crippen molar-refractivity contribution in [3.8, 4) is 11.1 Å². The Kier molecular flexibility index (Phi) is 5.75. The maximum Gasteiger partial charge on any atom is 0.336 e. The lowest BCUT2D eigenvalue weighted by Crippen LogP contribution is -2.00. The van der Waals surface area contributed by atoms with Crippen molar-refractivity contribution in [1.29, 1.82) is 0 Å². The monoisotopic (exact) mass is 439 g/mol. The molecule has 0 spiro atoms. The van der Waals surface area contributed by atoms with Gasteiger partial charge in [0.2, 0.25) is 0 Å². The largest absolute Gasteiger partial charge is 0.478 e. The minimum absolute atomic E-state index is 0.118. The van der Waals surface area contributed by atoms with Gasteiger partial charge in [-0.05, 0) is 65.5 Å². The van der Waals surface area contributed by atoms with Crippen LogP contribution in [0.1, 0.15) is 29.8 Å². The molecule has 0 saturated carbocycles. The van der Waals surface area contributed by atoms with E-state index in [4.69, 9.17) is 4.42 Å². The molecule has 0 amide bonds. The first-order valence-corrected chi connectivity index (χ1v) is 10.6. The summed E-state index contributed by atoms with van der Waals surface area (Å²) in [6.45, 7) is 5.74. The second kappa shape index (κ2) is 8.67. The van der Waals surface area contributed by atoms with Gasteiger partial charge in [0.15, 0.2) is 5.43 Å². The Labute approximate surface area is 189 Å². The molecule has 5 aromatic rings. The van der Waals surface area contributed by atoms with Crippen molar-refractivity contribution in [2.45, 2.75) is 20.8 Å². The van der Waals surface area contributed by atoms with Crippen LogP contribution < -0.4 is 5.43 Å². The van der Waals surface area contributed by atoms with Crippen LogP contribution in [0.2, 0.25) is 0 Å². The molecule has 6 heteroatoms. The van der Waals surface area contributed by atoms with Gasteiger partial charge in [0.25, 0.3) is 0 Å². The Hall–Kier alpha value is -4.32. The van der Waals surface area contributed by atoms with Crippen LogP contribution in [-0.4, -0.2) is 11.1 Å². The average Bonchev–Trinajstić information content (AvgIpc) is 2.84. The highest BCUT2D eigenvalue weighted by atomic mass is 16.4. The number of hydrogen-bond acceptors (Lipinski definition) is 5. The number of fused-ring (bicyclic) bond motifs is 4. The summed E-state index contributed by atoms with van der Waals surface area (Å²) in [7, 11) is 0. The van der Waals surface area contributed by atoms with E-state index in [0.717, 1.165) is 5.39 Å². The molecule has 0 radical (unpaired) electrons. The first-order chi connectivity index (χ1) is 16.0. The highest BCUT2D eigenvalue weighted by molar-refractivity contribution is 6.17. The van der Waals surface area contributed by atoms with Gasteiger partial charge in [0.05, 0.1) is 5.56 Å². The number of nitroso groups, excluding NO2 is 1. The first-order valence-electron chi connectivity index (χ1n) is 10.6. The number of rotatable bonds is 3. The van der Waals surface area contributed by atoms with Crippen LogP contribution in [0.15, 0.2) is 81.1 Å². The van der Waals surface area contributed by atoms with Crippen LogP contribution in [0.3, 0.4) is 0 Å². The zero-order chi connectivity index (χ0) is 23.7. The molecule has 0 atom stereocenters. The standard InChI is InChI=1S/C25H15NO5.C2H6/c1-13-21(26-30)11-10-19-22(17-4-2-3-5-18(17)25(28)29)20-8-6-14-12-15(27)7-9-16(14)24(20)31-23(13)19;1-2/h2-12H,1H3,(H,28,29);1-2H3. The topological polar surface area (TPSA) is 96.9 Å². The van der Waals surface area contributed by atoms with E-state index in [1.54, 1.807) is 49.4 Å². The summed E-state index contributed by atoms with van der Waals surface area (Å²) < 4.78 is 6.29. The summed E-state index contributed by atoms with van der Waals surface area (Å²) in [5.74, 6) is -1.04. The lowest BCUT2D eigenvalue weighted by molar-refractivity contribution is 0.0697.